The Morgan fingerprint density at radius 2 is 1.87 bits per heavy atom. The predicted molar refractivity (Wildman–Crippen MR) is 137 cm³/mol. The van der Waals surface area contributed by atoms with Gasteiger partial charge in [0.2, 0.25) is 11.8 Å². The van der Waals surface area contributed by atoms with Crippen molar-refractivity contribution in [3.63, 3.8) is 0 Å². The lowest BCUT2D eigenvalue weighted by Crippen LogP contribution is -2.39. The van der Waals surface area contributed by atoms with Gasteiger partial charge in [-0.3, -0.25) is 19.3 Å². The minimum absolute atomic E-state index is 0.0256. The number of fused-ring (bicyclic) bond motifs is 1. The first-order valence-corrected chi connectivity index (χ1v) is 13.0. The van der Waals surface area contributed by atoms with E-state index in [1.807, 2.05) is 20.8 Å². The lowest BCUT2D eigenvalue weighted by atomic mass is 9.94. The lowest BCUT2D eigenvalue weighted by molar-refractivity contribution is -0.151. The highest BCUT2D eigenvalue weighted by molar-refractivity contribution is 6.04. The van der Waals surface area contributed by atoms with Crippen LogP contribution in [-0.4, -0.2) is 70.0 Å². The summed E-state index contributed by atoms with van der Waals surface area (Å²) in [6.45, 7) is 8.14. The van der Waals surface area contributed by atoms with Gasteiger partial charge in [-0.05, 0) is 25.3 Å². The van der Waals surface area contributed by atoms with Crippen LogP contribution >= 0.6 is 0 Å². The van der Waals surface area contributed by atoms with E-state index in [1.54, 1.807) is 42.2 Å². The number of esters is 1. The van der Waals surface area contributed by atoms with Gasteiger partial charge in [-0.2, -0.15) is 0 Å². The summed E-state index contributed by atoms with van der Waals surface area (Å²) in [5, 5.41) is 13.0. The smallest absolute Gasteiger partial charge is 0.355 e. The standard InChI is InChI=1S/C28H35N3O7/c1-16(2)25-18(4)9-10-22(34)29-11-5-7-17(3)13-19(32)14-20(33)15-23-31-24(27(31)37-23)26(35)30-12-6-8-21(30)28(36)38-25/h5,7-10,13,16,18-19,23,25,32H,6,11-12,14-15H2,1-4H3,(H,29,34)/t18-,19-,23?,25-,31?/m1/s1. The van der Waals surface area contributed by atoms with Crippen molar-refractivity contribution < 1.29 is 33.8 Å². The number of carbonyl (C=O) groups is 4. The Hall–Kier alpha value is -3.66. The highest BCUT2D eigenvalue weighted by Gasteiger charge is 2.58. The normalized spacial score (nSPS) is 29.1. The summed E-state index contributed by atoms with van der Waals surface area (Å²) < 4.78 is 11.4. The topological polar surface area (TPSA) is 125 Å². The molecule has 2 amide bonds. The van der Waals surface area contributed by atoms with Crippen molar-refractivity contribution in [3.8, 4) is 0 Å². The van der Waals surface area contributed by atoms with E-state index < -0.39 is 24.4 Å². The zero-order valence-electron chi connectivity index (χ0n) is 22.2. The van der Waals surface area contributed by atoms with Crippen molar-refractivity contribution in [1.82, 2.24) is 15.1 Å². The summed E-state index contributed by atoms with van der Waals surface area (Å²) in [7, 11) is 0. The molecule has 0 aromatic heterocycles. The van der Waals surface area contributed by atoms with Gasteiger partial charge in [-0.1, -0.05) is 56.7 Å². The molecule has 0 aliphatic carbocycles. The molecule has 4 heterocycles. The quantitative estimate of drug-likeness (QED) is 0.499. The van der Waals surface area contributed by atoms with E-state index in [2.05, 4.69) is 5.32 Å². The van der Waals surface area contributed by atoms with Crippen LogP contribution in [0.2, 0.25) is 0 Å². The predicted octanol–water partition coefficient (Wildman–Crippen LogP) is 2.05. The summed E-state index contributed by atoms with van der Waals surface area (Å²) in [6, 6.07) is 0. The Bertz CT molecular complexity index is 1160. The van der Waals surface area contributed by atoms with Crippen molar-refractivity contribution in [3.05, 3.63) is 59.3 Å². The van der Waals surface area contributed by atoms with Crippen molar-refractivity contribution in [2.45, 2.75) is 65.4 Å². The number of aliphatic hydroxyl groups is 1. The molecule has 10 heteroatoms. The largest absolute Gasteiger partial charge is 0.457 e. The second kappa shape index (κ2) is 11.4. The first-order chi connectivity index (χ1) is 18.1. The fourth-order valence-electron chi connectivity index (χ4n) is 4.88. The molecular weight excluding hydrogens is 490 g/mol. The molecule has 1 fully saturated rings. The van der Waals surface area contributed by atoms with Crippen molar-refractivity contribution >= 4 is 23.6 Å². The molecule has 0 aromatic carbocycles. The summed E-state index contributed by atoms with van der Waals surface area (Å²) >= 11 is 0. The molecule has 4 aliphatic rings. The Kier molecular flexibility index (Phi) is 8.20. The number of nitrogens with zero attached hydrogens (tertiary/aromatic N) is 2. The number of cyclic esters (lactones) is 1. The van der Waals surface area contributed by atoms with Crippen LogP contribution in [0.15, 0.2) is 59.3 Å². The number of aliphatic hydroxyl groups excluding tert-OH is 1. The molecule has 1 saturated heterocycles. The van der Waals surface area contributed by atoms with Crippen molar-refractivity contribution in [2.24, 2.45) is 11.8 Å². The Balaban J connectivity index is 1.52. The highest BCUT2D eigenvalue weighted by Crippen LogP contribution is 2.49. The number of ether oxygens (including phenoxy) is 2. The molecular formula is C28H35N3O7. The van der Waals surface area contributed by atoms with Crippen LogP contribution in [0.25, 0.3) is 0 Å². The second-order valence-corrected chi connectivity index (χ2v) is 10.3. The number of carbonyl (C=O) groups excluding carboxylic acids is 4. The monoisotopic (exact) mass is 525 g/mol. The van der Waals surface area contributed by atoms with E-state index in [4.69, 9.17) is 9.47 Å². The van der Waals surface area contributed by atoms with Gasteiger partial charge >= 0.3 is 5.97 Å². The molecule has 4 atom stereocenters. The van der Waals surface area contributed by atoms with Crippen LogP contribution < -0.4 is 5.32 Å². The number of allylic oxidation sites excluding steroid dienone is 2. The minimum atomic E-state index is -0.965. The van der Waals surface area contributed by atoms with E-state index in [-0.39, 0.29) is 54.5 Å². The fourth-order valence-corrected chi connectivity index (χ4v) is 4.88. The molecule has 4 aliphatic heterocycles. The summed E-state index contributed by atoms with van der Waals surface area (Å²) in [4.78, 5) is 54.1. The van der Waals surface area contributed by atoms with Crippen LogP contribution in [0.3, 0.4) is 0 Å². The molecule has 0 radical (unpaired) electrons. The van der Waals surface area contributed by atoms with Crippen molar-refractivity contribution in [2.75, 3.05) is 13.1 Å². The van der Waals surface area contributed by atoms with Gasteiger partial charge in [-0.25, -0.2) is 4.79 Å². The van der Waals surface area contributed by atoms with Gasteiger partial charge in [0, 0.05) is 25.4 Å². The third-order valence-corrected chi connectivity index (χ3v) is 6.82. The Labute approximate surface area is 222 Å². The molecule has 38 heavy (non-hydrogen) atoms. The zero-order valence-corrected chi connectivity index (χ0v) is 22.2. The molecule has 4 rings (SSSR count). The van der Waals surface area contributed by atoms with Gasteiger partial charge in [0.15, 0.2) is 11.9 Å². The lowest BCUT2D eigenvalue weighted by Gasteiger charge is -2.29. The number of rotatable bonds is 1. The molecule has 2 N–H and O–H groups in total. The fraction of sp³-hybridized carbons (Fsp3) is 0.500. The summed E-state index contributed by atoms with van der Waals surface area (Å²) in [6.07, 6.45) is 8.29. The number of amides is 2. The Morgan fingerprint density at radius 3 is 2.61 bits per heavy atom. The van der Waals surface area contributed by atoms with Crippen molar-refractivity contribution in [1.29, 1.82) is 0 Å². The average molecular weight is 526 g/mol. The van der Waals surface area contributed by atoms with E-state index in [0.717, 1.165) is 5.57 Å². The number of hydrogen-bond donors (Lipinski definition) is 2. The van der Waals surface area contributed by atoms with Gasteiger partial charge in [0.25, 0.3) is 5.91 Å². The maximum atomic E-state index is 13.2. The van der Waals surface area contributed by atoms with E-state index in [1.165, 1.54) is 11.0 Å². The first-order valence-electron chi connectivity index (χ1n) is 13.0. The second-order valence-electron chi connectivity index (χ2n) is 10.3. The number of Topliss-reactive ketones (excluding diaryl/α,β-unsaturated/α-hetero) is 1. The summed E-state index contributed by atoms with van der Waals surface area (Å²) in [5.74, 6) is -1.32. The number of nitrogens with one attached hydrogen (secondary N) is 1. The number of ketones is 1. The first kappa shape index (κ1) is 27.4. The van der Waals surface area contributed by atoms with Gasteiger partial charge in [-0.15, -0.1) is 0 Å². The van der Waals surface area contributed by atoms with Crippen LogP contribution in [0, 0.1) is 11.8 Å². The molecule has 1 unspecified atom stereocenters. The molecule has 10 nitrogen and oxygen atoms in total. The molecule has 0 saturated carbocycles. The Morgan fingerprint density at radius 1 is 1.11 bits per heavy atom. The molecule has 0 spiro atoms. The summed E-state index contributed by atoms with van der Waals surface area (Å²) in [5.41, 5.74) is 1.27. The zero-order chi connectivity index (χ0) is 27.6. The highest BCUT2D eigenvalue weighted by atomic mass is 16.6. The molecule has 0 bridgehead atoms. The third kappa shape index (κ3) is 6.07. The van der Waals surface area contributed by atoms with E-state index >= 15 is 0 Å². The number of hydrogen-bond acceptors (Lipinski definition) is 8. The van der Waals surface area contributed by atoms with E-state index in [9.17, 15) is 24.3 Å². The minimum Gasteiger partial charge on any atom is -0.457 e. The van der Waals surface area contributed by atoms with Gasteiger partial charge in [0.1, 0.15) is 17.6 Å². The van der Waals surface area contributed by atoms with Crippen LogP contribution in [0.5, 0.6) is 0 Å². The van der Waals surface area contributed by atoms with Crippen LogP contribution in [0.4, 0.5) is 0 Å². The molecule has 0 aromatic rings. The van der Waals surface area contributed by atoms with Crippen LogP contribution in [-0.2, 0) is 28.7 Å². The SMILES string of the molecule is CC1=C[C@@H](O)CC(=O)CC2OC3=C(C(=O)N4CCC=C4C(=O)O[C@H](C(C)C)[C@H](C)C=CC(=O)NCC=C1)N32. The average Bonchev–Trinajstić information content (AvgIpc) is 3.18. The maximum Gasteiger partial charge on any atom is 0.355 e. The van der Waals surface area contributed by atoms with Crippen LogP contribution in [0.1, 0.15) is 47.0 Å². The van der Waals surface area contributed by atoms with Gasteiger partial charge in [0.05, 0.1) is 12.5 Å². The maximum absolute atomic E-state index is 13.2. The molecule has 204 valence electrons. The van der Waals surface area contributed by atoms with Gasteiger partial charge < -0.3 is 24.8 Å². The van der Waals surface area contributed by atoms with E-state index in [0.29, 0.717) is 24.5 Å². The third-order valence-electron chi connectivity index (χ3n) is 6.82.